The molecule has 2 heterocycles. The van der Waals surface area contributed by atoms with Crippen LogP contribution >= 0.6 is 11.3 Å². The van der Waals surface area contributed by atoms with Gasteiger partial charge in [-0.25, -0.2) is 9.55 Å². The number of hydrogen-bond donors (Lipinski definition) is 1. The SMILES string of the molecule is CCc1c[n+](C(C)c2cccs2)c[nH]1. The molecule has 0 amide bonds. The lowest BCUT2D eigenvalue weighted by Crippen LogP contribution is -2.35. The molecule has 0 aliphatic carbocycles. The molecule has 2 nitrogen and oxygen atoms in total. The second kappa shape index (κ2) is 3.96. The van der Waals surface area contributed by atoms with Crippen LogP contribution in [0.1, 0.15) is 30.5 Å². The fraction of sp³-hybridized carbons (Fsp3) is 0.364. The Hall–Kier alpha value is -1.09. The number of rotatable bonds is 3. The van der Waals surface area contributed by atoms with E-state index in [0.717, 1.165) is 6.42 Å². The van der Waals surface area contributed by atoms with E-state index in [1.54, 1.807) is 0 Å². The van der Waals surface area contributed by atoms with Crippen LogP contribution in [-0.2, 0) is 6.42 Å². The highest BCUT2D eigenvalue weighted by Gasteiger charge is 2.14. The number of hydrogen-bond acceptors (Lipinski definition) is 1. The maximum absolute atomic E-state index is 3.27. The maximum atomic E-state index is 3.27. The molecule has 1 unspecified atom stereocenters. The normalized spacial score (nSPS) is 13.0. The van der Waals surface area contributed by atoms with E-state index in [-0.39, 0.29) is 0 Å². The van der Waals surface area contributed by atoms with Crippen molar-refractivity contribution in [2.45, 2.75) is 26.3 Å². The van der Waals surface area contributed by atoms with Crippen LogP contribution in [0.4, 0.5) is 0 Å². The highest BCUT2D eigenvalue weighted by molar-refractivity contribution is 7.10. The fourth-order valence-corrected chi connectivity index (χ4v) is 2.29. The summed E-state index contributed by atoms with van der Waals surface area (Å²) < 4.78 is 2.23. The van der Waals surface area contributed by atoms with Gasteiger partial charge in [-0.3, -0.25) is 0 Å². The van der Waals surface area contributed by atoms with Crippen molar-refractivity contribution in [2.24, 2.45) is 0 Å². The second-order valence-corrected chi connectivity index (χ2v) is 4.40. The highest BCUT2D eigenvalue weighted by atomic mass is 32.1. The zero-order valence-electron chi connectivity index (χ0n) is 8.53. The van der Waals surface area contributed by atoms with Crippen molar-refractivity contribution in [2.75, 3.05) is 0 Å². The Morgan fingerprint density at radius 3 is 3.00 bits per heavy atom. The lowest BCUT2D eigenvalue weighted by Gasteiger charge is -2.03. The summed E-state index contributed by atoms with van der Waals surface area (Å²) in [4.78, 5) is 4.67. The van der Waals surface area contributed by atoms with E-state index < -0.39 is 0 Å². The summed E-state index contributed by atoms with van der Waals surface area (Å²) in [5.74, 6) is 0. The summed E-state index contributed by atoms with van der Waals surface area (Å²) >= 11 is 1.81. The number of aromatic amines is 1. The molecule has 0 aliphatic heterocycles. The first-order valence-corrected chi connectivity index (χ1v) is 5.80. The van der Waals surface area contributed by atoms with E-state index in [1.165, 1.54) is 10.6 Å². The molecule has 0 aromatic carbocycles. The fourth-order valence-electron chi connectivity index (χ4n) is 1.50. The van der Waals surface area contributed by atoms with Crippen molar-refractivity contribution in [1.29, 1.82) is 0 Å². The molecule has 2 aromatic rings. The number of thiophene rings is 1. The molecule has 0 aliphatic rings. The number of aromatic nitrogens is 2. The monoisotopic (exact) mass is 207 g/mol. The van der Waals surface area contributed by atoms with Crippen LogP contribution in [0.15, 0.2) is 30.0 Å². The van der Waals surface area contributed by atoms with Crippen LogP contribution in [0.25, 0.3) is 0 Å². The standard InChI is InChI=1S/C11H14N2S/c1-3-10-7-13(8-12-10)9(2)11-5-4-6-14-11/h4-9H,3H2,1-2H3/p+1. The first-order chi connectivity index (χ1) is 6.81. The number of nitrogens with zero attached hydrogens (tertiary/aromatic N) is 1. The van der Waals surface area contributed by atoms with E-state index in [0.29, 0.717) is 6.04 Å². The predicted molar refractivity (Wildman–Crippen MR) is 58.5 cm³/mol. The van der Waals surface area contributed by atoms with Crippen LogP contribution in [-0.4, -0.2) is 4.98 Å². The van der Waals surface area contributed by atoms with Crippen LogP contribution in [0.2, 0.25) is 0 Å². The van der Waals surface area contributed by atoms with Gasteiger partial charge in [0.25, 0.3) is 0 Å². The molecular weight excluding hydrogens is 192 g/mol. The van der Waals surface area contributed by atoms with Crippen molar-refractivity contribution in [1.82, 2.24) is 4.98 Å². The summed E-state index contributed by atoms with van der Waals surface area (Å²) in [7, 11) is 0. The van der Waals surface area contributed by atoms with Crippen LogP contribution < -0.4 is 4.57 Å². The summed E-state index contributed by atoms with van der Waals surface area (Å²) in [5.41, 5.74) is 1.29. The van der Waals surface area contributed by atoms with E-state index >= 15 is 0 Å². The number of H-pyrrole nitrogens is 1. The molecule has 2 rings (SSSR count). The van der Waals surface area contributed by atoms with Gasteiger partial charge < -0.3 is 0 Å². The van der Waals surface area contributed by atoms with Gasteiger partial charge in [-0.15, -0.1) is 11.3 Å². The van der Waals surface area contributed by atoms with Gasteiger partial charge in [0.2, 0.25) is 6.33 Å². The maximum Gasteiger partial charge on any atom is 0.242 e. The third-order valence-electron chi connectivity index (χ3n) is 2.49. The molecule has 0 fully saturated rings. The minimum absolute atomic E-state index is 0.437. The molecule has 0 spiro atoms. The van der Waals surface area contributed by atoms with Gasteiger partial charge >= 0.3 is 0 Å². The molecular formula is C11H15N2S+. The lowest BCUT2D eigenvalue weighted by atomic mass is 10.3. The van der Waals surface area contributed by atoms with E-state index in [1.807, 2.05) is 17.7 Å². The largest absolute Gasteiger partial charge is 0.248 e. The summed E-state index contributed by atoms with van der Waals surface area (Å²) in [6, 6.07) is 4.72. The molecule has 3 heteroatoms. The Morgan fingerprint density at radius 2 is 2.43 bits per heavy atom. The molecule has 1 N–H and O–H groups in total. The lowest BCUT2D eigenvalue weighted by molar-refractivity contribution is -0.708. The molecule has 2 aromatic heterocycles. The first-order valence-electron chi connectivity index (χ1n) is 4.92. The predicted octanol–water partition coefficient (Wildman–Crippen LogP) is 2.54. The summed E-state index contributed by atoms with van der Waals surface area (Å²) in [6.07, 6.45) is 5.29. The van der Waals surface area contributed by atoms with Crippen LogP contribution in [0.3, 0.4) is 0 Å². The van der Waals surface area contributed by atoms with E-state index in [2.05, 4.69) is 47.1 Å². The van der Waals surface area contributed by atoms with Crippen molar-refractivity contribution >= 4 is 11.3 Å². The minimum Gasteiger partial charge on any atom is -0.248 e. The molecule has 0 radical (unpaired) electrons. The summed E-state index contributed by atoms with van der Waals surface area (Å²) in [6.45, 7) is 4.38. The number of imidazole rings is 1. The van der Waals surface area contributed by atoms with E-state index in [4.69, 9.17) is 0 Å². The Morgan fingerprint density at radius 1 is 1.57 bits per heavy atom. The van der Waals surface area contributed by atoms with Gasteiger partial charge in [0.05, 0.1) is 0 Å². The Bertz CT molecular complexity index is 389. The molecule has 0 bridgehead atoms. The zero-order valence-corrected chi connectivity index (χ0v) is 9.34. The zero-order chi connectivity index (χ0) is 9.97. The van der Waals surface area contributed by atoms with Crippen LogP contribution in [0, 0.1) is 0 Å². The number of aryl methyl sites for hydroxylation is 1. The molecule has 1 atom stereocenters. The molecule has 14 heavy (non-hydrogen) atoms. The molecule has 74 valence electrons. The van der Waals surface area contributed by atoms with Crippen molar-refractivity contribution in [3.8, 4) is 0 Å². The van der Waals surface area contributed by atoms with Gasteiger partial charge in [0.15, 0.2) is 0 Å². The van der Waals surface area contributed by atoms with Gasteiger partial charge in [-0.1, -0.05) is 13.0 Å². The molecule has 0 saturated heterocycles. The van der Waals surface area contributed by atoms with Crippen molar-refractivity contribution in [3.63, 3.8) is 0 Å². The highest BCUT2D eigenvalue weighted by Crippen LogP contribution is 2.17. The average Bonchev–Trinajstić information content (AvgIpc) is 2.88. The van der Waals surface area contributed by atoms with Gasteiger partial charge in [0.1, 0.15) is 17.9 Å². The first kappa shape index (κ1) is 9.46. The Kier molecular flexibility index (Phi) is 2.68. The van der Waals surface area contributed by atoms with Gasteiger partial charge in [-0.2, -0.15) is 0 Å². The van der Waals surface area contributed by atoms with E-state index in [9.17, 15) is 0 Å². The Labute approximate surface area is 88.2 Å². The quantitative estimate of drug-likeness (QED) is 0.746. The van der Waals surface area contributed by atoms with Crippen molar-refractivity contribution in [3.05, 3.63) is 40.6 Å². The van der Waals surface area contributed by atoms with Crippen molar-refractivity contribution < 1.29 is 4.57 Å². The minimum atomic E-state index is 0.437. The second-order valence-electron chi connectivity index (χ2n) is 3.42. The third-order valence-corrected chi connectivity index (χ3v) is 3.53. The average molecular weight is 207 g/mol. The van der Waals surface area contributed by atoms with Crippen LogP contribution in [0.5, 0.6) is 0 Å². The third kappa shape index (κ3) is 1.73. The van der Waals surface area contributed by atoms with Gasteiger partial charge in [-0.05, 0) is 18.4 Å². The topological polar surface area (TPSA) is 19.7 Å². The number of nitrogens with one attached hydrogen (secondary N) is 1. The molecule has 0 saturated carbocycles. The van der Waals surface area contributed by atoms with Gasteiger partial charge in [0, 0.05) is 11.3 Å². The summed E-state index contributed by atoms with van der Waals surface area (Å²) in [5, 5.41) is 2.12. The Balaban J connectivity index is 2.23. The smallest absolute Gasteiger partial charge is 0.242 e.